The molecule has 4 rings (SSSR count). The molecule has 2 heteroatoms. The van der Waals surface area contributed by atoms with Crippen molar-refractivity contribution >= 4 is 16.6 Å². The summed E-state index contributed by atoms with van der Waals surface area (Å²) in [4.78, 5) is 9.85. The molecule has 0 amide bonds. The zero-order valence-corrected chi connectivity index (χ0v) is 14.5. The molecule has 24 heavy (non-hydrogen) atoms. The Balaban J connectivity index is 1.93. The van der Waals surface area contributed by atoms with Gasteiger partial charge in [0.1, 0.15) is 0 Å². The summed E-state index contributed by atoms with van der Waals surface area (Å²) in [6, 6.07) is 19.1. The summed E-state index contributed by atoms with van der Waals surface area (Å²) >= 11 is 0. The largest absolute Gasteiger partial charge is 0.277 e. The van der Waals surface area contributed by atoms with E-state index in [1.807, 2.05) is 18.3 Å². The average Bonchev–Trinajstić information content (AvgIpc) is 2.60. The van der Waals surface area contributed by atoms with Crippen molar-refractivity contribution in [3.8, 4) is 0 Å². The van der Waals surface area contributed by atoms with E-state index in [0.29, 0.717) is 5.92 Å². The maximum absolute atomic E-state index is 5.21. The van der Waals surface area contributed by atoms with Gasteiger partial charge in [-0.15, -0.1) is 0 Å². The molecule has 2 heterocycles. The topological polar surface area (TPSA) is 25.2 Å². The van der Waals surface area contributed by atoms with Crippen LogP contribution < -0.4 is 0 Å². The first kappa shape index (κ1) is 15.1. The zero-order chi connectivity index (χ0) is 16.7. The van der Waals surface area contributed by atoms with E-state index in [1.165, 1.54) is 11.1 Å². The van der Waals surface area contributed by atoms with Gasteiger partial charge in [-0.05, 0) is 37.0 Å². The zero-order valence-electron chi connectivity index (χ0n) is 14.5. The Labute approximate surface area is 143 Å². The van der Waals surface area contributed by atoms with Crippen LogP contribution in [0.5, 0.6) is 0 Å². The number of pyridine rings is 1. The van der Waals surface area contributed by atoms with Crippen LogP contribution in [0.3, 0.4) is 0 Å². The van der Waals surface area contributed by atoms with Gasteiger partial charge in [-0.3, -0.25) is 9.98 Å². The minimum Gasteiger partial charge on any atom is -0.277 e. The normalized spacial score (nSPS) is 20.1. The maximum Gasteiger partial charge on any atom is 0.0744 e. The Morgan fingerprint density at radius 2 is 1.75 bits per heavy atom. The Hall–Kier alpha value is -2.48. The summed E-state index contributed by atoms with van der Waals surface area (Å²) in [5.41, 5.74) is 5.76. The van der Waals surface area contributed by atoms with Gasteiger partial charge in [-0.1, -0.05) is 56.3 Å². The molecule has 3 aromatic rings. The standard InChI is InChI=1S/C22H22N2/c1-15(2)22(3)13-17-9-4-6-10-19(17)21(24-22)18-12-16-8-5-7-11-20(16)23-14-18/h4-12,14-15H,13H2,1-3H3. The Morgan fingerprint density at radius 1 is 1.00 bits per heavy atom. The quantitative estimate of drug-likeness (QED) is 0.650. The third-order valence-corrected chi connectivity index (χ3v) is 5.30. The van der Waals surface area contributed by atoms with Gasteiger partial charge in [0, 0.05) is 22.7 Å². The Morgan fingerprint density at radius 3 is 2.58 bits per heavy atom. The van der Waals surface area contributed by atoms with Gasteiger partial charge >= 0.3 is 0 Å². The van der Waals surface area contributed by atoms with E-state index in [1.54, 1.807) is 0 Å². The lowest BCUT2D eigenvalue weighted by Crippen LogP contribution is -2.37. The first-order valence-electron chi connectivity index (χ1n) is 8.60. The summed E-state index contributed by atoms with van der Waals surface area (Å²) in [6.45, 7) is 6.78. The highest BCUT2D eigenvalue weighted by molar-refractivity contribution is 6.15. The van der Waals surface area contributed by atoms with Crippen molar-refractivity contribution in [2.24, 2.45) is 10.9 Å². The molecule has 1 unspecified atom stereocenters. The van der Waals surface area contributed by atoms with E-state index in [-0.39, 0.29) is 5.54 Å². The number of hydrogen-bond donors (Lipinski definition) is 0. The molecule has 0 saturated carbocycles. The van der Waals surface area contributed by atoms with E-state index in [2.05, 4.69) is 68.2 Å². The number of hydrogen-bond acceptors (Lipinski definition) is 2. The molecule has 0 fully saturated rings. The number of para-hydroxylation sites is 1. The first-order chi connectivity index (χ1) is 11.6. The smallest absolute Gasteiger partial charge is 0.0744 e. The first-order valence-corrected chi connectivity index (χ1v) is 8.60. The molecule has 0 aliphatic carbocycles. The van der Waals surface area contributed by atoms with E-state index in [9.17, 15) is 0 Å². The molecule has 0 radical (unpaired) electrons. The fourth-order valence-corrected chi connectivity index (χ4v) is 3.40. The van der Waals surface area contributed by atoms with Gasteiger partial charge in [-0.25, -0.2) is 0 Å². The highest BCUT2D eigenvalue weighted by Gasteiger charge is 2.34. The molecule has 0 saturated heterocycles. The van der Waals surface area contributed by atoms with Crippen molar-refractivity contribution in [3.05, 3.63) is 77.5 Å². The second-order valence-electron chi connectivity index (χ2n) is 7.22. The van der Waals surface area contributed by atoms with Crippen LogP contribution in [0.1, 0.15) is 37.5 Å². The van der Waals surface area contributed by atoms with Crippen LogP contribution in [0, 0.1) is 5.92 Å². The van der Waals surface area contributed by atoms with Gasteiger partial charge < -0.3 is 0 Å². The SMILES string of the molecule is CC(C)C1(C)Cc2ccccc2C(c2cnc3ccccc3c2)=N1. The molecule has 2 nitrogen and oxygen atoms in total. The van der Waals surface area contributed by atoms with Crippen molar-refractivity contribution in [1.82, 2.24) is 4.98 Å². The predicted octanol–water partition coefficient (Wildman–Crippen LogP) is 5.04. The van der Waals surface area contributed by atoms with Crippen LogP contribution in [0.25, 0.3) is 10.9 Å². The molecule has 1 aliphatic heterocycles. The Bertz CT molecular complexity index is 939. The van der Waals surface area contributed by atoms with Crippen molar-refractivity contribution in [2.45, 2.75) is 32.7 Å². The van der Waals surface area contributed by atoms with Gasteiger partial charge in [0.15, 0.2) is 0 Å². The van der Waals surface area contributed by atoms with Crippen molar-refractivity contribution in [2.75, 3.05) is 0 Å². The lowest BCUT2D eigenvalue weighted by Gasteiger charge is -2.35. The van der Waals surface area contributed by atoms with Crippen LogP contribution in [0.15, 0.2) is 65.8 Å². The summed E-state index contributed by atoms with van der Waals surface area (Å²) in [7, 11) is 0. The third kappa shape index (κ3) is 2.43. The lowest BCUT2D eigenvalue weighted by molar-refractivity contribution is 0.337. The van der Waals surface area contributed by atoms with Crippen LogP contribution in [-0.2, 0) is 6.42 Å². The van der Waals surface area contributed by atoms with Crippen molar-refractivity contribution in [1.29, 1.82) is 0 Å². The van der Waals surface area contributed by atoms with Gasteiger partial charge in [0.25, 0.3) is 0 Å². The molecule has 120 valence electrons. The van der Waals surface area contributed by atoms with E-state index < -0.39 is 0 Å². The average molecular weight is 314 g/mol. The van der Waals surface area contributed by atoms with Gasteiger partial charge in [0.05, 0.1) is 16.8 Å². The number of fused-ring (bicyclic) bond motifs is 2. The molecule has 0 spiro atoms. The highest BCUT2D eigenvalue weighted by atomic mass is 14.9. The second-order valence-corrected chi connectivity index (χ2v) is 7.22. The molecule has 2 aromatic carbocycles. The minimum absolute atomic E-state index is 0.0741. The fraction of sp³-hybridized carbons (Fsp3) is 0.273. The molecular weight excluding hydrogens is 292 g/mol. The number of benzene rings is 2. The van der Waals surface area contributed by atoms with E-state index in [4.69, 9.17) is 4.99 Å². The molecule has 0 N–H and O–H groups in total. The summed E-state index contributed by atoms with van der Waals surface area (Å²) in [5, 5.41) is 1.16. The van der Waals surface area contributed by atoms with Crippen LogP contribution in [0.2, 0.25) is 0 Å². The molecule has 1 atom stereocenters. The fourth-order valence-electron chi connectivity index (χ4n) is 3.40. The molecule has 1 aromatic heterocycles. The second kappa shape index (κ2) is 5.55. The summed E-state index contributed by atoms with van der Waals surface area (Å²) in [6.07, 6.45) is 2.95. The van der Waals surface area contributed by atoms with E-state index in [0.717, 1.165) is 28.6 Å². The molecule has 0 bridgehead atoms. The monoisotopic (exact) mass is 314 g/mol. The van der Waals surface area contributed by atoms with Crippen molar-refractivity contribution < 1.29 is 0 Å². The predicted molar refractivity (Wildman–Crippen MR) is 101 cm³/mol. The lowest BCUT2D eigenvalue weighted by atomic mass is 9.78. The summed E-state index contributed by atoms with van der Waals surface area (Å²) in [5.74, 6) is 0.481. The van der Waals surface area contributed by atoms with Crippen LogP contribution in [-0.4, -0.2) is 16.2 Å². The van der Waals surface area contributed by atoms with Crippen LogP contribution in [0.4, 0.5) is 0 Å². The minimum atomic E-state index is -0.0741. The highest BCUT2D eigenvalue weighted by Crippen LogP contribution is 2.34. The molecular formula is C22H22N2. The Kier molecular flexibility index (Phi) is 3.49. The summed E-state index contributed by atoms with van der Waals surface area (Å²) < 4.78 is 0. The van der Waals surface area contributed by atoms with Gasteiger partial charge in [-0.2, -0.15) is 0 Å². The van der Waals surface area contributed by atoms with Crippen LogP contribution >= 0.6 is 0 Å². The maximum atomic E-state index is 5.21. The van der Waals surface area contributed by atoms with Gasteiger partial charge in [0.2, 0.25) is 0 Å². The number of aliphatic imine (C=N–C) groups is 1. The van der Waals surface area contributed by atoms with E-state index >= 15 is 0 Å². The third-order valence-electron chi connectivity index (χ3n) is 5.30. The number of nitrogens with zero attached hydrogens (tertiary/aromatic N) is 2. The van der Waals surface area contributed by atoms with Crippen molar-refractivity contribution in [3.63, 3.8) is 0 Å². The molecule has 1 aliphatic rings. The number of rotatable bonds is 2. The number of aromatic nitrogens is 1.